The Labute approximate surface area is 103 Å². The summed E-state index contributed by atoms with van der Waals surface area (Å²) in [4.78, 5) is 4.08. The van der Waals surface area contributed by atoms with Gasteiger partial charge in [0.1, 0.15) is 5.52 Å². The Hall–Kier alpha value is -2.02. The van der Waals surface area contributed by atoms with E-state index in [2.05, 4.69) is 15.2 Å². The van der Waals surface area contributed by atoms with Crippen LogP contribution in [-0.2, 0) is 16.9 Å². The third-order valence-electron chi connectivity index (χ3n) is 2.82. The van der Waals surface area contributed by atoms with E-state index < -0.39 is 9.84 Å². The smallest absolute Gasteiger partial charge is 0.269 e. The SMILES string of the molecule is Cn1c2ccccc2c2nnc(S(C)(=O)=O)nc21. The second kappa shape index (κ2) is 3.49. The third kappa shape index (κ3) is 1.47. The highest BCUT2D eigenvalue weighted by molar-refractivity contribution is 7.90. The van der Waals surface area contributed by atoms with Crippen LogP contribution < -0.4 is 0 Å². The standard InChI is InChI=1S/C11H10N4O2S/c1-15-8-6-4-3-5-7(8)9-10(15)12-11(14-13-9)18(2,16)17/h3-6H,1-2H3. The number of sulfone groups is 1. The van der Waals surface area contributed by atoms with Crippen molar-refractivity contribution in [3.8, 4) is 0 Å². The summed E-state index contributed by atoms with van der Waals surface area (Å²) in [5.74, 6) is 0. The molecule has 18 heavy (non-hydrogen) atoms. The van der Waals surface area contributed by atoms with Crippen molar-refractivity contribution in [3.05, 3.63) is 24.3 Å². The summed E-state index contributed by atoms with van der Waals surface area (Å²) in [6.07, 6.45) is 1.07. The fourth-order valence-electron chi connectivity index (χ4n) is 1.95. The van der Waals surface area contributed by atoms with E-state index in [9.17, 15) is 8.42 Å². The van der Waals surface area contributed by atoms with Gasteiger partial charge in [-0.05, 0) is 6.07 Å². The average Bonchev–Trinajstić information content (AvgIpc) is 2.63. The van der Waals surface area contributed by atoms with Crippen LogP contribution >= 0.6 is 0 Å². The molecule has 0 amide bonds. The first-order valence-corrected chi connectivity index (χ1v) is 7.15. The fraction of sp³-hybridized carbons (Fsp3) is 0.182. The Balaban J connectivity index is 2.50. The summed E-state index contributed by atoms with van der Waals surface area (Å²) in [5, 5.41) is 8.33. The number of aryl methyl sites for hydroxylation is 1. The van der Waals surface area contributed by atoms with Crippen molar-refractivity contribution in [1.82, 2.24) is 19.7 Å². The highest BCUT2D eigenvalue weighted by Gasteiger charge is 2.16. The minimum absolute atomic E-state index is 0.249. The van der Waals surface area contributed by atoms with Crippen LogP contribution in [-0.4, -0.2) is 34.4 Å². The molecule has 7 heteroatoms. The largest absolute Gasteiger partial charge is 0.327 e. The molecule has 2 aromatic heterocycles. The molecule has 0 N–H and O–H groups in total. The second-order valence-electron chi connectivity index (χ2n) is 4.11. The molecular weight excluding hydrogens is 252 g/mol. The zero-order valence-corrected chi connectivity index (χ0v) is 10.6. The third-order valence-corrected chi connectivity index (χ3v) is 3.65. The van der Waals surface area contributed by atoms with E-state index in [1.54, 1.807) is 0 Å². The van der Waals surface area contributed by atoms with E-state index in [4.69, 9.17) is 0 Å². The highest BCUT2D eigenvalue weighted by atomic mass is 32.2. The number of benzene rings is 1. The van der Waals surface area contributed by atoms with Crippen LogP contribution in [0.15, 0.2) is 29.4 Å². The molecule has 0 bridgehead atoms. The maximum absolute atomic E-state index is 11.4. The first-order chi connectivity index (χ1) is 8.48. The number of nitrogens with zero attached hydrogens (tertiary/aromatic N) is 4. The lowest BCUT2D eigenvalue weighted by atomic mass is 10.2. The summed E-state index contributed by atoms with van der Waals surface area (Å²) >= 11 is 0. The minimum atomic E-state index is -3.45. The van der Waals surface area contributed by atoms with Crippen molar-refractivity contribution in [2.45, 2.75) is 5.16 Å². The van der Waals surface area contributed by atoms with Crippen molar-refractivity contribution in [1.29, 1.82) is 0 Å². The second-order valence-corrected chi connectivity index (χ2v) is 6.02. The molecule has 0 saturated carbocycles. The number of rotatable bonds is 1. The maximum atomic E-state index is 11.4. The maximum Gasteiger partial charge on any atom is 0.269 e. The van der Waals surface area contributed by atoms with Crippen LogP contribution in [0.25, 0.3) is 22.1 Å². The average molecular weight is 262 g/mol. The fourth-order valence-corrected chi connectivity index (χ4v) is 2.39. The molecule has 3 rings (SSSR count). The van der Waals surface area contributed by atoms with Gasteiger partial charge >= 0.3 is 0 Å². The molecule has 2 heterocycles. The zero-order valence-electron chi connectivity index (χ0n) is 9.82. The molecule has 0 saturated heterocycles. The predicted molar refractivity (Wildman–Crippen MR) is 66.9 cm³/mol. The molecule has 0 atom stereocenters. The van der Waals surface area contributed by atoms with Gasteiger partial charge in [0.15, 0.2) is 5.65 Å². The Morgan fingerprint density at radius 2 is 1.89 bits per heavy atom. The van der Waals surface area contributed by atoms with Crippen LogP contribution in [0, 0.1) is 0 Å². The van der Waals surface area contributed by atoms with Gasteiger partial charge in [0.05, 0.1) is 5.52 Å². The van der Waals surface area contributed by atoms with Crippen LogP contribution in [0.1, 0.15) is 0 Å². The van der Waals surface area contributed by atoms with E-state index in [-0.39, 0.29) is 5.16 Å². The number of hydrogen-bond acceptors (Lipinski definition) is 5. The van der Waals surface area contributed by atoms with Crippen LogP contribution in [0.5, 0.6) is 0 Å². The van der Waals surface area contributed by atoms with E-state index >= 15 is 0 Å². The quantitative estimate of drug-likeness (QED) is 0.651. The first kappa shape index (κ1) is 11.1. The van der Waals surface area contributed by atoms with E-state index in [0.29, 0.717) is 11.2 Å². The van der Waals surface area contributed by atoms with Crippen molar-refractivity contribution in [3.63, 3.8) is 0 Å². The first-order valence-electron chi connectivity index (χ1n) is 5.26. The van der Waals surface area contributed by atoms with Gasteiger partial charge in [-0.2, -0.15) is 4.98 Å². The van der Waals surface area contributed by atoms with Crippen molar-refractivity contribution in [2.75, 3.05) is 6.26 Å². The Morgan fingerprint density at radius 3 is 2.61 bits per heavy atom. The molecule has 0 aliphatic carbocycles. The number of hydrogen-bond donors (Lipinski definition) is 0. The van der Waals surface area contributed by atoms with Gasteiger partial charge in [-0.1, -0.05) is 18.2 Å². The van der Waals surface area contributed by atoms with Gasteiger partial charge in [0.25, 0.3) is 5.16 Å². The zero-order chi connectivity index (χ0) is 12.9. The van der Waals surface area contributed by atoms with Gasteiger partial charge in [0.2, 0.25) is 9.84 Å². The molecule has 92 valence electrons. The molecule has 0 radical (unpaired) electrons. The summed E-state index contributed by atoms with van der Waals surface area (Å²) in [5.41, 5.74) is 2.08. The lowest BCUT2D eigenvalue weighted by Gasteiger charge is -1.97. The lowest BCUT2D eigenvalue weighted by molar-refractivity contribution is 0.590. The number of para-hydroxylation sites is 1. The Kier molecular flexibility index (Phi) is 2.15. The summed E-state index contributed by atoms with van der Waals surface area (Å²) < 4.78 is 24.7. The lowest BCUT2D eigenvalue weighted by Crippen LogP contribution is -2.06. The van der Waals surface area contributed by atoms with E-state index in [1.165, 1.54) is 0 Å². The van der Waals surface area contributed by atoms with Gasteiger partial charge < -0.3 is 4.57 Å². The van der Waals surface area contributed by atoms with E-state index in [1.807, 2.05) is 35.9 Å². The molecular formula is C11H10N4O2S. The molecule has 0 fully saturated rings. The van der Waals surface area contributed by atoms with Crippen molar-refractivity contribution >= 4 is 31.9 Å². The molecule has 0 spiro atoms. The van der Waals surface area contributed by atoms with E-state index in [0.717, 1.165) is 17.2 Å². The monoisotopic (exact) mass is 262 g/mol. The molecule has 0 aliphatic heterocycles. The molecule has 1 aromatic carbocycles. The predicted octanol–water partition coefficient (Wildman–Crippen LogP) is 0.920. The topological polar surface area (TPSA) is 77.7 Å². The van der Waals surface area contributed by atoms with Gasteiger partial charge in [-0.3, -0.25) is 0 Å². The minimum Gasteiger partial charge on any atom is -0.327 e. The Morgan fingerprint density at radius 1 is 1.17 bits per heavy atom. The van der Waals surface area contributed by atoms with Gasteiger partial charge in [0, 0.05) is 18.7 Å². The summed E-state index contributed by atoms with van der Waals surface area (Å²) in [7, 11) is -1.62. The van der Waals surface area contributed by atoms with Crippen molar-refractivity contribution in [2.24, 2.45) is 7.05 Å². The molecule has 3 aromatic rings. The van der Waals surface area contributed by atoms with Crippen LogP contribution in [0.2, 0.25) is 0 Å². The van der Waals surface area contributed by atoms with Crippen LogP contribution in [0.4, 0.5) is 0 Å². The number of aromatic nitrogens is 4. The van der Waals surface area contributed by atoms with Crippen LogP contribution in [0.3, 0.4) is 0 Å². The molecule has 0 aliphatic rings. The molecule has 0 unspecified atom stereocenters. The highest BCUT2D eigenvalue weighted by Crippen LogP contribution is 2.24. The summed E-state index contributed by atoms with van der Waals surface area (Å²) in [6.45, 7) is 0. The normalized spacial score (nSPS) is 12.3. The summed E-state index contributed by atoms with van der Waals surface area (Å²) in [6, 6.07) is 7.65. The Bertz CT molecular complexity index is 867. The molecule has 6 nitrogen and oxygen atoms in total. The van der Waals surface area contributed by atoms with Gasteiger partial charge in [-0.25, -0.2) is 8.42 Å². The van der Waals surface area contributed by atoms with Gasteiger partial charge in [-0.15, -0.1) is 10.2 Å². The number of fused-ring (bicyclic) bond motifs is 3. The van der Waals surface area contributed by atoms with Crippen molar-refractivity contribution < 1.29 is 8.42 Å².